The zero-order valence-electron chi connectivity index (χ0n) is 17.5. The molecule has 0 N–H and O–H groups in total. The summed E-state index contributed by atoms with van der Waals surface area (Å²) in [5.41, 5.74) is 5.32. The summed E-state index contributed by atoms with van der Waals surface area (Å²) in [6.45, 7) is 0. The Balaban J connectivity index is 1.77. The lowest BCUT2D eigenvalue weighted by molar-refractivity contribution is -0.116. The summed E-state index contributed by atoms with van der Waals surface area (Å²) < 4.78 is 5.32. The van der Waals surface area contributed by atoms with E-state index in [4.69, 9.17) is 16.3 Å². The number of halogens is 1. The van der Waals surface area contributed by atoms with Crippen LogP contribution in [0.5, 0.6) is 5.75 Å². The number of carbonyl (C=O) groups is 2. The van der Waals surface area contributed by atoms with E-state index >= 15 is 0 Å². The highest BCUT2D eigenvalue weighted by Crippen LogP contribution is 2.51. The summed E-state index contributed by atoms with van der Waals surface area (Å²) in [7, 11) is 1.63. The van der Waals surface area contributed by atoms with Gasteiger partial charge in [0, 0.05) is 41.3 Å². The number of anilines is 1. The number of benzene rings is 2. The Morgan fingerprint density at radius 3 is 1.97 bits per heavy atom. The van der Waals surface area contributed by atoms with Gasteiger partial charge < -0.3 is 9.64 Å². The zero-order chi connectivity index (χ0) is 21.5. The van der Waals surface area contributed by atoms with Crippen molar-refractivity contribution in [2.75, 3.05) is 12.0 Å². The monoisotopic (exact) mass is 433 g/mol. The predicted octanol–water partition coefficient (Wildman–Crippen LogP) is 5.97. The van der Waals surface area contributed by atoms with Crippen molar-refractivity contribution in [3.05, 3.63) is 81.7 Å². The fraction of sp³-hybridized carbons (Fsp3) is 0.308. The zero-order valence-corrected chi connectivity index (χ0v) is 18.2. The maximum atomic E-state index is 13.3. The largest absolute Gasteiger partial charge is 0.497 e. The predicted molar refractivity (Wildman–Crippen MR) is 121 cm³/mol. The molecule has 1 heterocycles. The SMILES string of the molecule is COc1ccc(C2C3=C(CCCC3=O)N(c3ccccc3Cl)C3=C2C(=O)CCC3)cc1. The minimum Gasteiger partial charge on any atom is -0.497 e. The van der Waals surface area contributed by atoms with Crippen molar-refractivity contribution in [2.45, 2.75) is 44.4 Å². The number of ketones is 2. The smallest absolute Gasteiger partial charge is 0.161 e. The molecule has 1 aliphatic heterocycles. The van der Waals surface area contributed by atoms with Crippen molar-refractivity contribution in [3.63, 3.8) is 0 Å². The van der Waals surface area contributed by atoms with Gasteiger partial charge in [-0.05, 0) is 55.5 Å². The summed E-state index contributed by atoms with van der Waals surface area (Å²) in [6, 6.07) is 15.5. The Kier molecular flexibility index (Phi) is 5.19. The maximum absolute atomic E-state index is 13.3. The average molecular weight is 434 g/mol. The van der Waals surface area contributed by atoms with Gasteiger partial charge >= 0.3 is 0 Å². The first-order valence-corrected chi connectivity index (χ1v) is 11.2. The summed E-state index contributed by atoms with van der Waals surface area (Å²) in [6.07, 6.45) is 4.24. The third kappa shape index (κ3) is 3.30. The molecule has 0 atom stereocenters. The molecule has 0 amide bonds. The van der Waals surface area contributed by atoms with E-state index < -0.39 is 0 Å². The normalized spacial score (nSPS) is 19.5. The quantitative estimate of drug-likeness (QED) is 0.598. The molecule has 0 bridgehead atoms. The highest BCUT2D eigenvalue weighted by atomic mass is 35.5. The Morgan fingerprint density at radius 2 is 1.42 bits per heavy atom. The molecular formula is C26H24ClNO3. The van der Waals surface area contributed by atoms with Gasteiger partial charge in [-0.2, -0.15) is 0 Å². The van der Waals surface area contributed by atoms with Crippen LogP contribution in [0.1, 0.15) is 50.0 Å². The Morgan fingerprint density at radius 1 is 0.839 bits per heavy atom. The van der Waals surface area contributed by atoms with Gasteiger partial charge in [-0.3, -0.25) is 9.59 Å². The molecule has 0 unspecified atom stereocenters. The van der Waals surface area contributed by atoms with Crippen molar-refractivity contribution in [3.8, 4) is 5.75 Å². The standard InChI is InChI=1S/C26H24ClNO3/c1-31-17-14-12-16(13-15-17)24-25-20(8-4-10-22(25)29)28(19-7-3-2-6-18(19)27)21-9-5-11-23(30)26(21)24/h2-3,6-7,12-15,24H,4-5,8-11H2,1H3. The number of ether oxygens (including phenoxy) is 1. The third-order valence-corrected chi connectivity index (χ3v) is 6.84. The molecule has 2 aromatic carbocycles. The summed E-state index contributed by atoms with van der Waals surface area (Å²) >= 11 is 6.61. The van der Waals surface area contributed by atoms with Gasteiger partial charge in [0.25, 0.3) is 0 Å². The summed E-state index contributed by atoms with van der Waals surface area (Å²) in [4.78, 5) is 28.7. The van der Waals surface area contributed by atoms with Crippen LogP contribution in [0.2, 0.25) is 5.02 Å². The summed E-state index contributed by atoms with van der Waals surface area (Å²) in [5.74, 6) is 0.689. The number of para-hydroxylation sites is 1. The Hall–Kier alpha value is -2.85. The topological polar surface area (TPSA) is 46.6 Å². The van der Waals surface area contributed by atoms with Crippen molar-refractivity contribution in [1.82, 2.24) is 0 Å². The Labute approximate surface area is 187 Å². The number of hydrogen-bond donors (Lipinski definition) is 0. The second-order valence-electron chi connectivity index (χ2n) is 8.27. The first kappa shape index (κ1) is 20.1. The fourth-order valence-corrected chi connectivity index (χ4v) is 5.39. The Bertz CT molecular complexity index is 1090. The van der Waals surface area contributed by atoms with Crippen LogP contribution in [0.25, 0.3) is 0 Å². The van der Waals surface area contributed by atoms with E-state index in [-0.39, 0.29) is 17.5 Å². The highest BCUT2D eigenvalue weighted by molar-refractivity contribution is 6.33. The third-order valence-electron chi connectivity index (χ3n) is 6.52. The number of hydrogen-bond acceptors (Lipinski definition) is 4. The van der Waals surface area contributed by atoms with Crippen molar-refractivity contribution < 1.29 is 14.3 Å². The molecule has 0 aromatic heterocycles. The van der Waals surface area contributed by atoms with E-state index in [9.17, 15) is 9.59 Å². The van der Waals surface area contributed by atoms with Gasteiger partial charge in [0.1, 0.15) is 5.75 Å². The van der Waals surface area contributed by atoms with Crippen LogP contribution in [0.15, 0.2) is 71.1 Å². The first-order valence-electron chi connectivity index (χ1n) is 10.8. The lowest BCUT2D eigenvalue weighted by Crippen LogP contribution is -2.39. The minimum atomic E-state index is -0.324. The molecule has 0 saturated heterocycles. The van der Waals surface area contributed by atoms with E-state index in [2.05, 4.69) is 4.90 Å². The summed E-state index contributed by atoms with van der Waals surface area (Å²) in [5, 5.41) is 0.625. The van der Waals surface area contributed by atoms with Crippen LogP contribution in [-0.4, -0.2) is 18.7 Å². The molecule has 5 heteroatoms. The minimum absolute atomic E-state index is 0.129. The lowest BCUT2D eigenvalue weighted by atomic mass is 9.71. The van der Waals surface area contributed by atoms with Gasteiger partial charge in [0.15, 0.2) is 11.6 Å². The first-order chi connectivity index (χ1) is 15.1. The van der Waals surface area contributed by atoms with Crippen molar-refractivity contribution in [1.29, 1.82) is 0 Å². The molecule has 0 saturated carbocycles. The maximum Gasteiger partial charge on any atom is 0.161 e. The van der Waals surface area contributed by atoms with Gasteiger partial charge in [0.2, 0.25) is 0 Å². The molecule has 2 aromatic rings. The van der Waals surface area contributed by atoms with Crippen LogP contribution in [-0.2, 0) is 9.59 Å². The lowest BCUT2D eigenvalue weighted by Gasteiger charge is -2.44. The number of Topliss-reactive ketones (excluding diaryl/α,β-unsaturated/α-hetero) is 2. The number of carbonyl (C=O) groups excluding carboxylic acids is 2. The van der Waals surface area contributed by atoms with Crippen LogP contribution in [0.3, 0.4) is 0 Å². The van der Waals surface area contributed by atoms with Gasteiger partial charge in [-0.25, -0.2) is 0 Å². The number of rotatable bonds is 3. The molecule has 0 spiro atoms. The van der Waals surface area contributed by atoms with E-state index in [1.54, 1.807) is 7.11 Å². The van der Waals surface area contributed by atoms with Crippen molar-refractivity contribution >= 4 is 28.9 Å². The van der Waals surface area contributed by atoms with Crippen LogP contribution in [0.4, 0.5) is 5.69 Å². The number of methoxy groups -OCH3 is 1. The second kappa shape index (κ2) is 8.01. The van der Waals surface area contributed by atoms with Crippen LogP contribution >= 0.6 is 11.6 Å². The molecule has 5 rings (SSSR count). The molecule has 2 aliphatic carbocycles. The molecule has 4 nitrogen and oxygen atoms in total. The molecule has 0 fully saturated rings. The molecule has 0 radical (unpaired) electrons. The molecule has 31 heavy (non-hydrogen) atoms. The molecular weight excluding hydrogens is 410 g/mol. The second-order valence-corrected chi connectivity index (χ2v) is 8.67. The number of nitrogens with zero attached hydrogens (tertiary/aromatic N) is 1. The van der Waals surface area contributed by atoms with E-state index in [0.29, 0.717) is 17.9 Å². The average Bonchev–Trinajstić information content (AvgIpc) is 2.79. The molecule has 158 valence electrons. The fourth-order valence-electron chi connectivity index (χ4n) is 5.17. The molecule has 3 aliphatic rings. The number of allylic oxidation sites excluding steroid dienone is 4. The van der Waals surface area contributed by atoms with Crippen molar-refractivity contribution in [2.24, 2.45) is 0 Å². The van der Waals surface area contributed by atoms with Gasteiger partial charge in [-0.1, -0.05) is 35.9 Å². The van der Waals surface area contributed by atoms with E-state index in [1.807, 2.05) is 48.5 Å². The highest BCUT2D eigenvalue weighted by Gasteiger charge is 2.43. The van der Waals surface area contributed by atoms with E-state index in [1.165, 1.54) is 0 Å². The van der Waals surface area contributed by atoms with Gasteiger partial charge in [-0.15, -0.1) is 0 Å². The van der Waals surface area contributed by atoms with Crippen LogP contribution in [0, 0.1) is 0 Å². The van der Waals surface area contributed by atoms with Crippen LogP contribution < -0.4 is 9.64 Å². The van der Waals surface area contributed by atoms with Gasteiger partial charge in [0.05, 0.1) is 17.8 Å². The van der Waals surface area contributed by atoms with E-state index in [0.717, 1.165) is 65.2 Å².